The van der Waals surface area contributed by atoms with Gasteiger partial charge in [0.1, 0.15) is 6.61 Å². The van der Waals surface area contributed by atoms with Gasteiger partial charge in [0.2, 0.25) is 0 Å². The number of nitrogens with zero attached hydrogens (tertiary/aromatic N) is 1. The Labute approximate surface area is 167 Å². The van der Waals surface area contributed by atoms with Gasteiger partial charge in [0, 0.05) is 25.5 Å². The minimum atomic E-state index is 0. The predicted molar refractivity (Wildman–Crippen MR) is 111 cm³/mol. The summed E-state index contributed by atoms with van der Waals surface area (Å²) in [6.45, 7) is 4.17. The van der Waals surface area contributed by atoms with Crippen LogP contribution in [0.25, 0.3) is 0 Å². The van der Waals surface area contributed by atoms with Crippen molar-refractivity contribution >= 4 is 12.4 Å². The Hall–Kier alpha value is -2.56. The van der Waals surface area contributed by atoms with Crippen molar-refractivity contribution in [1.82, 2.24) is 10.3 Å². The SMILES string of the molecule is COc1cc(CNCc2ccncc2)ccc1OCc1cccc(C)c1.Cl. The lowest BCUT2D eigenvalue weighted by atomic mass is 10.1. The van der Waals surface area contributed by atoms with Gasteiger partial charge in [0.25, 0.3) is 0 Å². The van der Waals surface area contributed by atoms with Crippen LogP contribution < -0.4 is 14.8 Å². The van der Waals surface area contributed by atoms with Gasteiger partial charge in [-0.2, -0.15) is 0 Å². The van der Waals surface area contributed by atoms with Crippen molar-refractivity contribution in [2.24, 2.45) is 0 Å². The highest BCUT2D eigenvalue weighted by Crippen LogP contribution is 2.29. The summed E-state index contributed by atoms with van der Waals surface area (Å²) in [5.74, 6) is 1.51. The number of halogens is 1. The molecule has 0 saturated heterocycles. The Morgan fingerprint density at radius 2 is 1.63 bits per heavy atom. The Balaban J connectivity index is 0.00000261. The van der Waals surface area contributed by atoms with Crippen LogP contribution in [0.1, 0.15) is 22.3 Å². The van der Waals surface area contributed by atoms with E-state index in [0.717, 1.165) is 35.7 Å². The molecule has 0 amide bonds. The summed E-state index contributed by atoms with van der Waals surface area (Å²) >= 11 is 0. The summed E-state index contributed by atoms with van der Waals surface area (Å²) in [7, 11) is 1.67. The number of aromatic nitrogens is 1. The van der Waals surface area contributed by atoms with Gasteiger partial charge in [-0.15, -0.1) is 12.4 Å². The van der Waals surface area contributed by atoms with Crippen molar-refractivity contribution in [1.29, 1.82) is 0 Å². The van der Waals surface area contributed by atoms with E-state index in [9.17, 15) is 0 Å². The van der Waals surface area contributed by atoms with E-state index >= 15 is 0 Å². The normalized spacial score (nSPS) is 10.1. The summed E-state index contributed by atoms with van der Waals surface area (Å²) in [6, 6.07) is 18.4. The fourth-order valence-corrected chi connectivity index (χ4v) is 2.76. The van der Waals surface area contributed by atoms with Gasteiger partial charge in [0.15, 0.2) is 11.5 Å². The van der Waals surface area contributed by atoms with E-state index in [1.165, 1.54) is 11.1 Å². The summed E-state index contributed by atoms with van der Waals surface area (Å²) < 4.78 is 11.4. The summed E-state index contributed by atoms with van der Waals surface area (Å²) in [4.78, 5) is 4.03. The highest BCUT2D eigenvalue weighted by atomic mass is 35.5. The van der Waals surface area contributed by atoms with E-state index < -0.39 is 0 Å². The van der Waals surface area contributed by atoms with E-state index in [2.05, 4.69) is 41.5 Å². The molecule has 0 saturated carbocycles. The zero-order valence-electron chi connectivity index (χ0n) is 15.6. The maximum absolute atomic E-state index is 5.95. The molecule has 0 spiro atoms. The topological polar surface area (TPSA) is 43.4 Å². The van der Waals surface area contributed by atoms with Crippen molar-refractivity contribution in [2.75, 3.05) is 7.11 Å². The molecule has 0 aliphatic rings. The van der Waals surface area contributed by atoms with Crippen LogP contribution in [0.15, 0.2) is 67.0 Å². The molecular weight excluding hydrogens is 360 g/mol. The van der Waals surface area contributed by atoms with E-state index in [-0.39, 0.29) is 12.4 Å². The number of hydrogen-bond donors (Lipinski definition) is 1. The summed E-state index contributed by atoms with van der Waals surface area (Å²) in [5.41, 5.74) is 4.74. The van der Waals surface area contributed by atoms with Crippen molar-refractivity contribution in [3.05, 3.63) is 89.2 Å². The largest absolute Gasteiger partial charge is 0.493 e. The van der Waals surface area contributed by atoms with Gasteiger partial charge >= 0.3 is 0 Å². The minimum absolute atomic E-state index is 0. The van der Waals surface area contributed by atoms with Gasteiger partial charge in [-0.05, 0) is 47.9 Å². The second-order valence-electron chi connectivity index (χ2n) is 6.22. The second kappa shape index (κ2) is 10.6. The first kappa shape index (κ1) is 20.7. The minimum Gasteiger partial charge on any atom is -0.493 e. The fraction of sp³-hybridized carbons (Fsp3) is 0.227. The van der Waals surface area contributed by atoms with Gasteiger partial charge in [0.05, 0.1) is 7.11 Å². The molecule has 3 aromatic rings. The molecule has 0 aliphatic carbocycles. The molecule has 3 rings (SSSR count). The number of rotatable bonds is 8. The number of nitrogens with one attached hydrogen (secondary N) is 1. The first-order chi connectivity index (χ1) is 12.7. The molecule has 5 heteroatoms. The second-order valence-corrected chi connectivity index (χ2v) is 6.22. The molecule has 4 nitrogen and oxygen atoms in total. The molecule has 0 bridgehead atoms. The molecule has 0 fully saturated rings. The average Bonchev–Trinajstić information content (AvgIpc) is 2.67. The third-order valence-corrected chi connectivity index (χ3v) is 4.11. The first-order valence-corrected chi connectivity index (χ1v) is 8.69. The summed E-state index contributed by atoms with van der Waals surface area (Å²) in [6.07, 6.45) is 3.61. The van der Waals surface area contributed by atoms with E-state index in [4.69, 9.17) is 9.47 Å². The monoisotopic (exact) mass is 384 g/mol. The Morgan fingerprint density at radius 1 is 0.852 bits per heavy atom. The summed E-state index contributed by atoms with van der Waals surface area (Å²) in [5, 5.41) is 3.43. The van der Waals surface area contributed by atoms with Gasteiger partial charge in [-0.1, -0.05) is 35.9 Å². The molecular formula is C22H25ClN2O2. The van der Waals surface area contributed by atoms with Crippen molar-refractivity contribution in [3.8, 4) is 11.5 Å². The Bertz CT molecular complexity index is 841. The van der Waals surface area contributed by atoms with Crippen LogP contribution in [0, 0.1) is 6.92 Å². The van der Waals surface area contributed by atoms with E-state index in [1.54, 1.807) is 19.5 Å². The molecule has 0 radical (unpaired) electrons. The maximum atomic E-state index is 5.95. The highest BCUT2D eigenvalue weighted by Gasteiger charge is 2.06. The number of benzene rings is 2. The van der Waals surface area contributed by atoms with Crippen molar-refractivity contribution in [3.63, 3.8) is 0 Å². The molecule has 0 unspecified atom stereocenters. The lowest BCUT2D eigenvalue weighted by Gasteiger charge is -2.13. The van der Waals surface area contributed by atoms with E-state index in [0.29, 0.717) is 6.61 Å². The third kappa shape index (κ3) is 6.27. The lowest BCUT2D eigenvalue weighted by Crippen LogP contribution is -2.12. The molecule has 27 heavy (non-hydrogen) atoms. The lowest BCUT2D eigenvalue weighted by molar-refractivity contribution is 0.284. The van der Waals surface area contributed by atoms with Crippen molar-refractivity contribution in [2.45, 2.75) is 26.6 Å². The van der Waals surface area contributed by atoms with Crippen LogP contribution in [0.4, 0.5) is 0 Å². The number of methoxy groups -OCH3 is 1. The highest BCUT2D eigenvalue weighted by molar-refractivity contribution is 5.85. The maximum Gasteiger partial charge on any atom is 0.161 e. The van der Waals surface area contributed by atoms with Crippen LogP contribution in [0.5, 0.6) is 11.5 Å². The smallest absolute Gasteiger partial charge is 0.161 e. The molecule has 2 aromatic carbocycles. The quantitative estimate of drug-likeness (QED) is 0.611. The van der Waals surface area contributed by atoms with Crippen LogP contribution >= 0.6 is 12.4 Å². The molecule has 0 atom stereocenters. The van der Waals surface area contributed by atoms with Crippen LogP contribution in [0.3, 0.4) is 0 Å². The van der Waals surface area contributed by atoms with Crippen LogP contribution in [-0.2, 0) is 19.7 Å². The fourth-order valence-electron chi connectivity index (χ4n) is 2.76. The number of hydrogen-bond acceptors (Lipinski definition) is 4. The number of pyridine rings is 1. The molecule has 1 aromatic heterocycles. The zero-order chi connectivity index (χ0) is 18.2. The number of aryl methyl sites for hydroxylation is 1. The zero-order valence-corrected chi connectivity index (χ0v) is 16.5. The predicted octanol–water partition coefficient (Wildman–Crippen LogP) is 4.69. The van der Waals surface area contributed by atoms with Gasteiger partial charge in [-0.25, -0.2) is 0 Å². The Morgan fingerprint density at radius 3 is 2.37 bits per heavy atom. The molecule has 1 N–H and O–H groups in total. The average molecular weight is 385 g/mol. The van der Waals surface area contributed by atoms with Gasteiger partial charge in [-0.3, -0.25) is 4.98 Å². The molecule has 142 valence electrons. The van der Waals surface area contributed by atoms with Crippen LogP contribution in [0.2, 0.25) is 0 Å². The van der Waals surface area contributed by atoms with Gasteiger partial charge < -0.3 is 14.8 Å². The third-order valence-electron chi connectivity index (χ3n) is 4.11. The van der Waals surface area contributed by atoms with E-state index in [1.807, 2.05) is 30.3 Å². The number of ether oxygens (including phenoxy) is 2. The van der Waals surface area contributed by atoms with Crippen LogP contribution in [-0.4, -0.2) is 12.1 Å². The molecule has 0 aliphatic heterocycles. The first-order valence-electron chi connectivity index (χ1n) is 8.69. The standard InChI is InChI=1S/C22H24N2O2.ClH/c1-17-4-3-5-20(12-17)16-26-21-7-6-19(13-22(21)25-2)15-24-14-18-8-10-23-11-9-18;/h3-13,24H,14-16H2,1-2H3;1H. The van der Waals surface area contributed by atoms with Crippen molar-refractivity contribution < 1.29 is 9.47 Å². The molecule has 1 heterocycles. The Kier molecular flexibility index (Phi) is 8.11.